The van der Waals surface area contributed by atoms with Crippen molar-refractivity contribution in [2.45, 2.75) is 13.0 Å². The van der Waals surface area contributed by atoms with Gasteiger partial charge in [-0.15, -0.1) is 0 Å². The molecule has 0 saturated heterocycles. The number of rotatable bonds is 2. The SMILES string of the molecule is CC(O)C(=O)OP(=O)(O)O.[CaH2].[CaH2]. The molecule has 0 heterocycles. The van der Waals surface area contributed by atoms with Crippen molar-refractivity contribution in [2.24, 2.45) is 0 Å². The van der Waals surface area contributed by atoms with E-state index in [1.54, 1.807) is 0 Å². The van der Waals surface area contributed by atoms with Gasteiger partial charge in [0.15, 0.2) is 0 Å². The predicted octanol–water partition coefficient (Wildman–Crippen LogP) is -2.83. The van der Waals surface area contributed by atoms with Gasteiger partial charge in [-0.2, -0.15) is 0 Å². The van der Waals surface area contributed by atoms with E-state index in [0.717, 1.165) is 6.92 Å². The fraction of sp³-hybridized carbons (Fsp3) is 0.667. The summed E-state index contributed by atoms with van der Waals surface area (Å²) in [6.07, 6.45) is -1.52. The molecule has 0 aliphatic rings. The van der Waals surface area contributed by atoms with Crippen LogP contribution >= 0.6 is 7.82 Å². The number of aliphatic hydroxyl groups is 1. The van der Waals surface area contributed by atoms with Crippen molar-refractivity contribution in [3.05, 3.63) is 0 Å². The van der Waals surface area contributed by atoms with E-state index in [1.807, 2.05) is 0 Å². The van der Waals surface area contributed by atoms with E-state index in [4.69, 9.17) is 14.9 Å². The Morgan fingerprint density at radius 3 is 1.83 bits per heavy atom. The van der Waals surface area contributed by atoms with Crippen LogP contribution in [-0.4, -0.2) is 102 Å². The van der Waals surface area contributed by atoms with Crippen LogP contribution in [0.2, 0.25) is 0 Å². The van der Waals surface area contributed by atoms with Gasteiger partial charge in [-0.05, 0) is 6.92 Å². The molecule has 0 aliphatic carbocycles. The number of phosphoric ester groups is 1. The Hall–Kier alpha value is 2.10. The summed E-state index contributed by atoms with van der Waals surface area (Å²) in [5, 5.41) is 8.37. The van der Waals surface area contributed by atoms with Crippen LogP contribution in [-0.2, 0) is 13.9 Å². The Bertz CT molecular complexity index is 176. The second kappa shape index (κ2) is 8.41. The molecule has 0 spiro atoms. The second-order valence-electron chi connectivity index (χ2n) is 1.58. The molecular weight excluding hydrogens is 243 g/mol. The van der Waals surface area contributed by atoms with Crippen LogP contribution in [0, 0.1) is 0 Å². The predicted molar refractivity (Wildman–Crippen MR) is 46.9 cm³/mol. The fourth-order valence-corrected chi connectivity index (χ4v) is 0.580. The zero-order chi connectivity index (χ0) is 8.36. The Labute approximate surface area is 129 Å². The van der Waals surface area contributed by atoms with Crippen LogP contribution in [0.3, 0.4) is 0 Å². The summed E-state index contributed by atoms with van der Waals surface area (Å²) < 4.78 is 13.4. The Morgan fingerprint density at radius 1 is 1.42 bits per heavy atom. The van der Waals surface area contributed by atoms with E-state index < -0.39 is 19.9 Å². The third-order valence-electron chi connectivity index (χ3n) is 0.550. The van der Waals surface area contributed by atoms with Crippen molar-refractivity contribution >= 4 is 89.3 Å². The summed E-state index contributed by atoms with van der Waals surface area (Å²) in [5.74, 6) is -1.34. The summed E-state index contributed by atoms with van der Waals surface area (Å²) in [6.45, 7) is 1.04. The summed E-state index contributed by atoms with van der Waals surface area (Å²) in [4.78, 5) is 26.2. The van der Waals surface area contributed by atoms with Gasteiger partial charge in [-0.3, -0.25) is 9.79 Å². The summed E-state index contributed by atoms with van der Waals surface area (Å²) in [6, 6.07) is 0. The van der Waals surface area contributed by atoms with Crippen LogP contribution in [0.4, 0.5) is 0 Å². The van der Waals surface area contributed by atoms with Crippen LogP contribution in [0.15, 0.2) is 0 Å². The molecule has 0 fully saturated rings. The molecule has 68 valence electrons. The van der Waals surface area contributed by atoms with Gasteiger partial charge in [0.1, 0.15) is 6.10 Å². The Morgan fingerprint density at radius 2 is 1.75 bits per heavy atom. The molecule has 0 aliphatic heterocycles. The maximum absolute atomic E-state index is 10.2. The first-order chi connectivity index (χ1) is 4.33. The molecule has 0 radical (unpaired) electrons. The number of hydrogen-bond donors (Lipinski definition) is 3. The quantitative estimate of drug-likeness (QED) is 0.362. The van der Waals surface area contributed by atoms with Crippen molar-refractivity contribution in [3.8, 4) is 0 Å². The molecule has 1 atom stereocenters. The molecule has 0 saturated carbocycles. The minimum absolute atomic E-state index is 0. The molecule has 0 rings (SSSR count). The number of carbonyl (C=O) groups is 1. The van der Waals surface area contributed by atoms with E-state index in [9.17, 15) is 9.36 Å². The van der Waals surface area contributed by atoms with Gasteiger partial charge >= 0.3 is 89.3 Å². The number of hydrogen-bond acceptors (Lipinski definition) is 4. The number of carbonyl (C=O) groups excluding carboxylic acids is 1. The Kier molecular flexibility index (Phi) is 13.8. The van der Waals surface area contributed by atoms with E-state index in [0.29, 0.717) is 0 Å². The van der Waals surface area contributed by atoms with Crippen LogP contribution in [0.5, 0.6) is 0 Å². The molecule has 0 aromatic carbocycles. The molecule has 9 heteroatoms. The molecular formula is C3H11Ca2O6P. The van der Waals surface area contributed by atoms with Crippen molar-refractivity contribution in [1.29, 1.82) is 0 Å². The minimum atomic E-state index is -4.79. The van der Waals surface area contributed by atoms with E-state index in [1.165, 1.54) is 0 Å². The van der Waals surface area contributed by atoms with Crippen molar-refractivity contribution in [3.63, 3.8) is 0 Å². The second-order valence-corrected chi connectivity index (χ2v) is 2.74. The first-order valence-corrected chi connectivity index (χ1v) is 3.83. The molecule has 0 aromatic rings. The average Bonchev–Trinajstić information content (AvgIpc) is 1.60. The molecule has 6 nitrogen and oxygen atoms in total. The van der Waals surface area contributed by atoms with Gasteiger partial charge < -0.3 is 9.63 Å². The van der Waals surface area contributed by atoms with E-state index in [2.05, 4.69) is 4.52 Å². The standard InChI is InChI=1S/C3H7O6P.2Ca.4H/c1-2(4)3(5)9-10(6,7)8;;;;;;/h2,4H,1H3,(H2,6,7,8);;;;;;. The summed E-state index contributed by atoms with van der Waals surface area (Å²) >= 11 is 0. The van der Waals surface area contributed by atoms with Gasteiger partial charge in [-0.1, -0.05) is 0 Å². The molecule has 0 amide bonds. The third-order valence-corrected chi connectivity index (χ3v) is 0.968. The Balaban J connectivity index is -0.000000405. The molecule has 12 heavy (non-hydrogen) atoms. The molecule has 0 aromatic heterocycles. The fourth-order valence-electron chi connectivity index (χ4n) is 0.193. The zero-order valence-electron chi connectivity index (χ0n) is 5.09. The summed E-state index contributed by atoms with van der Waals surface area (Å²) in [5.41, 5.74) is 0. The van der Waals surface area contributed by atoms with Crippen molar-refractivity contribution in [1.82, 2.24) is 0 Å². The summed E-state index contributed by atoms with van der Waals surface area (Å²) in [7, 11) is -4.79. The molecule has 1 unspecified atom stereocenters. The van der Waals surface area contributed by atoms with Crippen LogP contribution < -0.4 is 0 Å². The monoisotopic (exact) mass is 254 g/mol. The average molecular weight is 254 g/mol. The first kappa shape index (κ1) is 19.6. The first-order valence-electron chi connectivity index (χ1n) is 2.30. The van der Waals surface area contributed by atoms with Crippen molar-refractivity contribution < 1.29 is 28.8 Å². The topological polar surface area (TPSA) is 104 Å². The number of aliphatic hydroxyl groups excluding tert-OH is 1. The molecule has 0 bridgehead atoms. The third kappa shape index (κ3) is 12.1. The van der Waals surface area contributed by atoms with E-state index in [-0.39, 0.29) is 75.5 Å². The van der Waals surface area contributed by atoms with Crippen LogP contribution in [0.1, 0.15) is 6.92 Å². The van der Waals surface area contributed by atoms with Gasteiger partial charge in [0.05, 0.1) is 0 Å². The number of phosphoric acid groups is 1. The van der Waals surface area contributed by atoms with Gasteiger partial charge in [0.2, 0.25) is 0 Å². The normalized spacial score (nSPS) is 12.0. The van der Waals surface area contributed by atoms with Gasteiger partial charge in [-0.25, -0.2) is 9.36 Å². The zero-order valence-corrected chi connectivity index (χ0v) is 5.99. The molecule has 3 N–H and O–H groups in total. The van der Waals surface area contributed by atoms with Crippen molar-refractivity contribution in [2.75, 3.05) is 0 Å². The maximum atomic E-state index is 10.2. The van der Waals surface area contributed by atoms with Gasteiger partial charge in [0, 0.05) is 0 Å². The van der Waals surface area contributed by atoms with E-state index >= 15 is 0 Å². The van der Waals surface area contributed by atoms with Gasteiger partial charge in [0.25, 0.3) is 0 Å². The van der Waals surface area contributed by atoms with Crippen LogP contribution in [0.25, 0.3) is 0 Å².